The molecule has 3 N–H and O–H groups in total. The first-order valence-electron chi connectivity index (χ1n) is 4.11. The van der Waals surface area contributed by atoms with Crippen LogP contribution in [0.4, 0.5) is 0 Å². The number of carboxylic acids is 1. The number of carbonyl (C=O) groups excluding carboxylic acids is 1. The molecule has 1 amide bonds. The Balaban J connectivity index is 3.95. The molecule has 0 fully saturated rings. The van der Waals surface area contributed by atoms with Gasteiger partial charge in [-0.15, -0.1) is 0 Å². The van der Waals surface area contributed by atoms with Crippen LogP contribution in [0, 0.1) is 0 Å². The van der Waals surface area contributed by atoms with E-state index in [1.54, 1.807) is 6.92 Å². The van der Waals surface area contributed by atoms with Crippen LogP contribution in [0.1, 0.15) is 26.7 Å². The van der Waals surface area contributed by atoms with E-state index in [9.17, 15) is 9.59 Å². The lowest BCUT2D eigenvalue weighted by Crippen LogP contribution is -2.39. The highest BCUT2D eigenvalue weighted by molar-refractivity contribution is 5.81. The molecule has 0 bridgehead atoms. The minimum absolute atomic E-state index is 0.243. The molecule has 0 aliphatic heterocycles. The van der Waals surface area contributed by atoms with Gasteiger partial charge in [0.05, 0.1) is 6.10 Å². The number of aliphatic carboxylic acids is 1. The molecule has 1 unspecified atom stereocenters. The van der Waals surface area contributed by atoms with Gasteiger partial charge >= 0.3 is 5.97 Å². The Hall–Kier alpha value is -1.10. The molecule has 0 saturated carbocycles. The van der Waals surface area contributed by atoms with Crippen molar-refractivity contribution in [1.29, 1.82) is 0 Å². The Bertz CT molecular complexity index is 191. The van der Waals surface area contributed by atoms with Crippen molar-refractivity contribution >= 4 is 11.9 Å². The molecule has 0 aromatic rings. The lowest BCUT2D eigenvalue weighted by atomic mass is 10.1. The van der Waals surface area contributed by atoms with Gasteiger partial charge in [0.2, 0.25) is 5.91 Å². The molecule has 0 rings (SSSR count). The van der Waals surface area contributed by atoms with Gasteiger partial charge in [0.25, 0.3) is 0 Å². The molecule has 76 valence electrons. The first-order valence-corrected chi connectivity index (χ1v) is 4.11. The fourth-order valence-corrected chi connectivity index (χ4v) is 0.911. The SMILES string of the molecule is CC(=O)N[C@@H](CCC(C)O)C(=O)O. The molecule has 2 atom stereocenters. The van der Waals surface area contributed by atoms with Crippen LogP contribution in [0.2, 0.25) is 0 Å². The van der Waals surface area contributed by atoms with E-state index in [0.717, 1.165) is 0 Å². The maximum atomic E-state index is 10.6. The van der Waals surface area contributed by atoms with Gasteiger partial charge in [-0.05, 0) is 19.8 Å². The molecule has 0 aromatic carbocycles. The molecule has 13 heavy (non-hydrogen) atoms. The largest absolute Gasteiger partial charge is 0.480 e. The van der Waals surface area contributed by atoms with Crippen LogP contribution in [0.3, 0.4) is 0 Å². The van der Waals surface area contributed by atoms with E-state index < -0.39 is 18.1 Å². The van der Waals surface area contributed by atoms with Crippen LogP contribution in [0.5, 0.6) is 0 Å². The zero-order valence-corrected chi connectivity index (χ0v) is 7.78. The summed E-state index contributed by atoms with van der Waals surface area (Å²) >= 11 is 0. The Morgan fingerprint density at radius 3 is 2.23 bits per heavy atom. The minimum atomic E-state index is -1.07. The summed E-state index contributed by atoms with van der Waals surface area (Å²) in [5.41, 5.74) is 0. The van der Waals surface area contributed by atoms with Crippen molar-refractivity contribution in [3.8, 4) is 0 Å². The van der Waals surface area contributed by atoms with Gasteiger partial charge in [-0.1, -0.05) is 0 Å². The number of aliphatic hydroxyl groups excluding tert-OH is 1. The Kier molecular flexibility index (Phi) is 5.06. The van der Waals surface area contributed by atoms with E-state index in [4.69, 9.17) is 10.2 Å². The van der Waals surface area contributed by atoms with Gasteiger partial charge < -0.3 is 15.5 Å². The zero-order valence-electron chi connectivity index (χ0n) is 7.78. The van der Waals surface area contributed by atoms with Crippen molar-refractivity contribution in [3.63, 3.8) is 0 Å². The molecule has 5 nitrogen and oxygen atoms in total. The number of nitrogens with one attached hydrogen (secondary N) is 1. The summed E-state index contributed by atoms with van der Waals surface area (Å²) in [6.45, 7) is 2.84. The Labute approximate surface area is 76.8 Å². The second-order valence-corrected chi connectivity index (χ2v) is 3.02. The fourth-order valence-electron chi connectivity index (χ4n) is 0.911. The third-order valence-corrected chi connectivity index (χ3v) is 1.55. The monoisotopic (exact) mass is 189 g/mol. The van der Waals surface area contributed by atoms with Crippen LogP contribution in [0.15, 0.2) is 0 Å². The lowest BCUT2D eigenvalue weighted by Gasteiger charge is -2.13. The Morgan fingerprint density at radius 2 is 1.92 bits per heavy atom. The quantitative estimate of drug-likeness (QED) is 0.556. The zero-order chi connectivity index (χ0) is 10.4. The van der Waals surface area contributed by atoms with E-state index in [1.807, 2.05) is 0 Å². The van der Waals surface area contributed by atoms with Crippen LogP contribution in [0.25, 0.3) is 0 Å². The number of hydrogen-bond acceptors (Lipinski definition) is 3. The first-order chi connectivity index (χ1) is 5.93. The topological polar surface area (TPSA) is 86.6 Å². The number of hydrogen-bond donors (Lipinski definition) is 3. The highest BCUT2D eigenvalue weighted by Crippen LogP contribution is 2.01. The average Bonchev–Trinajstić information content (AvgIpc) is 1.96. The maximum Gasteiger partial charge on any atom is 0.326 e. The van der Waals surface area contributed by atoms with E-state index in [2.05, 4.69) is 5.32 Å². The molecule has 0 aliphatic rings. The van der Waals surface area contributed by atoms with Crippen molar-refractivity contribution in [1.82, 2.24) is 5.32 Å². The summed E-state index contributed by atoms with van der Waals surface area (Å²) in [6.07, 6.45) is 0.0553. The minimum Gasteiger partial charge on any atom is -0.480 e. The third-order valence-electron chi connectivity index (χ3n) is 1.55. The molecule has 0 heterocycles. The maximum absolute atomic E-state index is 10.6. The molecule has 0 aliphatic carbocycles. The molecule has 0 spiro atoms. The molecule has 0 saturated heterocycles. The van der Waals surface area contributed by atoms with Crippen LogP contribution in [-0.2, 0) is 9.59 Å². The third kappa shape index (κ3) is 6.10. The summed E-state index contributed by atoms with van der Waals surface area (Å²) in [5, 5.41) is 19.8. The summed E-state index contributed by atoms with van der Waals surface area (Å²) in [7, 11) is 0. The average molecular weight is 189 g/mol. The van der Waals surface area contributed by atoms with Gasteiger partial charge in [-0.3, -0.25) is 4.79 Å². The van der Waals surface area contributed by atoms with Gasteiger partial charge in [0.15, 0.2) is 0 Å². The van der Waals surface area contributed by atoms with E-state index in [0.29, 0.717) is 6.42 Å². The smallest absolute Gasteiger partial charge is 0.326 e. The highest BCUT2D eigenvalue weighted by Gasteiger charge is 2.18. The summed E-state index contributed by atoms with van der Waals surface area (Å²) in [5.74, 6) is -1.45. The fraction of sp³-hybridized carbons (Fsp3) is 0.750. The van der Waals surface area contributed by atoms with Gasteiger partial charge in [0.1, 0.15) is 6.04 Å². The van der Waals surface area contributed by atoms with E-state index in [-0.39, 0.29) is 12.3 Å². The van der Waals surface area contributed by atoms with E-state index in [1.165, 1.54) is 6.92 Å². The predicted octanol–water partition coefficient (Wildman–Crippen LogP) is -0.263. The molecular formula is C8H15NO4. The van der Waals surface area contributed by atoms with Crippen molar-refractivity contribution in [2.24, 2.45) is 0 Å². The standard InChI is InChI=1S/C8H15NO4/c1-5(10)3-4-7(8(12)13)9-6(2)11/h5,7,10H,3-4H2,1-2H3,(H,9,11)(H,12,13)/t5?,7-/m0/s1. The van der Waals surface area contributed by atoms with Crippen molar-refractivity contribution in [2.45, 2.75) is 38.8 Å². The highest BCUT2D eigenvalue weighted by atomic mass is 16.4. The first kappa shape index (κ1) is 11.9. The Morgan fingerprint density at radius 1 is 1.38 bits per heavy atom. The van der Waals surface area contributed by atoms with Gasteiger partial charge in [0, 0.05) is 6.92 Å². The molecule has 0 aromatic heterocycles. The van der Waals surface area contributed by atoms with Crippen molar-refractivity contribution in [3.05, 3.63) is 0 Å². The van der Waals surface area contributed by atoms with Crippen LogP contribution in [-0.4, -0.2) is 34.2 Å². The normalized spacial score (nSPS) is 14.7. The summed E-state index contributed by atoms with van der Waals surface area (Å²) in [4.78, 5) is 21.1. The van der Waals surface area contributed by atoms with Crippen molar-refractivity contribution < 1.29 is 19.8 Å². The van der Waals surface area contributed by atoms with Gasteiger partial charge in [-0.25, -0.2) is 4.79 Å². The number of amides is 1. The van der Waals surface area contributed by atoms with Crippen LogP contribution >= 0.6 is 0 Å². The second-order valence-electron chi connectivity index (χ2n) is 3.02. The number of aliphatic hydroxyl groups is 1. The predicted molar refractivity (Wildman–Crippen MR) is 46.2 cm³/mol. The van der Waals surface area contributed by atoms with Crippen molar-refractivity contribution in [2.75, 3.05) is 0 Å². The second kappa shape index (κ2) is 5.53. The summed E-state index contributed by atoms with van der Waals surface area (Å²) < 4.78 is 0. The molecule has 5 heteroatoms. The van der Waals surface area contributed by atoms with Gasteiger partial charge in [-0.2, -0.15) is 0 Å². The molecule has 0 radical (unpaired) electrons. The number of carboxylic acid groups (broad SMARTS) is 1. The number of rotatable bonds is 5. The number of carbonyl (C=O) groups is 2. The van der Waals surface area contributed by atoms with E-state index >= 15 is 0 Å². The lowest BCUT2D eigenvalue weighted by molar-refractivity contribution is -0.141. The van der Waals surface area contributed by atoms with Crippen LogP contribution < -0.4 is 5.32 Å². The molecular weight excluding hydrogens is 174 g/mol. The summed E-state index contributed by atoms with van der Waals surface area (Å²) in [6, 6.07) is -0.896.